The fourth-order valence-electron chi connectivity index (χ4n) is 4.08. The molecule has 31 heavy (non-hydrogen) atoms. The maximum atomic E-state index is 13.1. The molecule has 4 rings (SSSR count). The van der Waals surface area contributed by atoms with Gasteiger partial charge < -0.3 is 33.7 Å². The molecule has 0 spiro atoms. The molecule has 0 bridgehead atoms. The molecule has 1 amide bonds. The Kier molecular flexibility index (Phi) is 6.04. The van der Waals surface area contributed by atoms with Crippen molar-refractivity contribution in [1.82, 2.24) is 0 Å². The Morgan fingerprint density at radius 1 is 0.968 bits per heavy atom. The molecule has 8 nitrogen and oxygen atoms in total. The summed E-state index contributed by atoms with van der Waals surface area (Å²) in [6.07, 6.45) is -2.15. The number of fused-ring (bicyclic) bond motifs is 3. The zero-order valence-electron chi connectivity index (χ0n) is 19.0. The predicted octanol–water partition coefficient (Wildman–Crippen LogP) is 3.45. The normalized spacial score (nSPS) is 33.1. The lowest BCUT2D eigenvalue weighted by Crippen LogP contribution is -2.58. The van der Waals surface area contributed by atoms with E-state index in [1.165, 1.54) is 0 Å². The van der Waals surface area contributed by atoms with Crippen LogP contribution in [0.1, 0.15) is 48.0 Å². The van der Waals surface area contributed by atoms with Gasteiger partial charge in [0.05, 0.1) is 6.61 Å². The van der Waals surface area contributed by atoms with Gasteiger partial charge in [-0.25, -0.2) is 0 Å². The van der Waals surface area contributed by atoms with Crippen molar-refractivity contribution < 1.29 is 33.2 Å². The summed E-state index contributed by atoms with van der Waals surface area (Å²) < 4.78 is 35.6. The third kappa shape index (κ3) is 5.04. The van der Waals surface area contributed by atoms with Gasteiger partial charge >= 0.3 is 0 Å². The third-order valence-corrected chi connectivity index (χ3v) is 5.50. The van der Waals surface area contributed by atoms with E-state index in [4.69, 9.17) is 28.4 Å². The zero-order chi connectivity index (χ0) is 22.4. The van der Waals surface area contributed by atoms with Crippen molar-refractivity contribution in [3.8, 4) is 5.75 Å². The molecule has 3 saturated heterocycles. The number of benzene rings is 1. The highest BCUT2D eigenvalue weighted by Crippen LogP contribution is 2.44. The second-order valence-electron chi connectivity index (χ2n) is 9.63. The van der Waals surface area contributed by atoms with Crippen molar-refractivity contribution in [3.63, 3.8) is 0 Å². The minimum Gasteiger partial charge on any atom is -0.494 e. The Labute approximate surface area is 183 Å². The summed E-state index contributed by atoms with van der Waals surface area (Å²) in [5.74, 6) is -0.645. The van der Waals surface area contributed by atoms with Crippen LogP contribution in [0.3, 0.4) is 0 Å². The standard InChI is InChI=1S/C23H33NO7/c1-13(2)11-12-26-15-9-7-14(8-10-15)24-20(25)18-16-17(29-22(3,4)28-16)19-21(27-18)31-23(5,6)30-19/h7-10,13,16-19,21H,11-12H2,1-6H3,(H,24,25)/t16-,17+,18+,19+,21+/m0/s1. The van der Waals surface area contributed by atoms with E-state index in [1.54, 1.807) is 12.1 Å². The molecule has 172 valence electrons. The van der Waals surface area contributed by atoms with E-state index >= 15 is 0 Å². The highest BCUT2D eigenvalue weighted by atomic mass is 16.9. The summed E-state index contributed by atoms with van der Waals surface area (Å²) >= 11 is 0. The van der Waals surface area contributed by atoms with Gasteiger partial charge in [-0.2, -0.15) is 0 Å². The molecule has 3 aliphatic rings. The zero-order valence-corrected chi connectivity index (χ0v) is 19.0. The van der Waals surface area contributed by atoms with Crippen LogP contribution in [-0.2, 0) is 28.5 Å². The lowest BCUT2D eigenvalue weighted by atomic mass is 9.98. The van der Waals surface area contributed by atoms with E-state index in [9.17, 15) is 4.79 Å². The van der Waals surface area contributed by atoms with Gasteiger partial charge in [-0.15, -0.1) is 0 Å². The molecular weight excluding hydrogens is 402 g/mol. The van der Waals surface area contributed by atoms with Gasteiger partial charge in [0.2, 0.25) is 0 Å². The third-order valence-electron chi connectivity index (χ3n) is 5.50. The van der Waals surface area contributed by atoms with E-state index in [0.29, 0.717) is 18.2 Å². The maximum Gasteiger partial charge on any atom is 0.256 e. The molecule has 0 unspecified atom stereocenters. The summed E-state index contributed by atoms with van der Waals surface area (Å²) in [7, 11) is 0. The molecule has 1 aromatic rings. The Hall–Kier alpha value is -1.71. The number of amides is 1. The van der Waals surface area contributed by atoms with Crippen molar-refractivity contribution >= 4 is 11.6 Å². The first-order valence-electron chi connectivity index (χ1n) is 10.9. The average Bonchev–Trinajstić information content (AvgIpc) is 3.16. The summed E-state index contributed by atoms with van der Waals surface area (Å²) in [6.45, 7) is 12.2. The first-order valence-corrected chi connectivity index (χ1v) is 10.9. The molecule has 0 aliphatic carbocycles. The number of carbonyl (C=O) groups excluding carboxylic acids is 1. The number of hydrogen-bond donors (Lipinski definition) is 1. The lowest BCUT2D eigenvalue weighted by Gasteiger charge is -2.36. The van der Waals surface area contributed by atoms with Crippen molar-refractivity contribution in [2.24, 2.45) is 5.92 Å². The van der Waals surface area contributed by atoms with Crippen LogP contribution in [0.15, 0.2) is 24.3 Å². The van der Waals surface area contributed by atoms with Crippen molar-refractivity contribution in [2.75, 3.05) is 11.9 Å². The fourth-order valence-corrected chi connectivity index (χ4v) is 4.08. The molecule has 3 heterocycles. The number of carbonyl (C=O) groups is 1. The number of hydrogen-bond acceptors (Lipinski definition) is 7. The topological polar surface area (TPSA) is 84.5 Å². The lowest BCUT2D eigenvalue weighted by molar-refractivity contribution is -0.229. The molecule has 0 radical (unpaired) electrons. The summed E-state index contributed by atoms with van der Waals surface area (Å²) in [5, 5.41) is 2.90. The molecule has 1 aromatic carbocycles. The number of ether oxygens (including phenoxy) is 6. The summed E-state index contributed by atoms with van der Waals surface area (Å²) in [5.41, 5.74) is 0.644. The molecule has 0 saturated carbocycles. The van der Waals surface area contributed by atoms with Crippen LogP contribution in [-0.4, -0.2) is 54.8 Å². The second-order valence-corrected chi connectivity index (χ2v) is 9.63. The molecule has 0 aromatic heterocycles. The van der Waals surface area contributed by atoms with E-state index in [0.717, 1.165) is 12.2 Å². The van der Waals surface area contributed by atoms with Crippen LogP contribution in [0.2, 0.25) is 0 Å². The molecule has 8 heteroatoms. The molecule has 1 N–H and O–H groups in total. The van der Waals surface area contributed by atoms with Gasteiger partial charge in [-0.05, 0) is 64.3 Å². The SMILES string of the molecule is CC(C)CCOc1ccc(NC(=O)[C@@H]2O[C@@H]3OC(C)(C)O[C@@H]3[C@@H]3OC(C)(C)O[C@@H]32)cc1. The van der Waals surface area contributed by atoms with Gasteiger partial charge in [0.1, 0.15) is 24.1 Å². The minimum atomic E-state index is -0.896. The van der Waals surface area contributed by atoms with Crippen molar-refractivity contribution in [3.05, 3.63) is 24.3 Å². The monoisotopic (exact) mass is 435 g/mol. The van der Waals surface area contributed by atoms with E-state index in [-0.39, 0.29) is 5.91 Å². The van der Waals surface area contributed by atoms with E-state index in [2.05, 4.69) is 19.2 Å². The van der Waals surface area contributed by atoms with Crippen LogP contribution in [0.25, 0.3) is 0 Å². The smallest absolute Gasteiger partial charge is 0.256 e. The van der Waals surface area contributed by atoms with Crippen LogP contribution >= 0.6 is 0 Å². The van der Waals surface area contributed by atoms with Crippen LogP contribution < -0.4 is 10.1 Å². The van der Waals surface area contributed by atoms with Gasteiger partial charge in [-0.3, -0.25) is 4.79 Å². The predicted molar refractivity (Wildman–Crippen MR) is 113 cm³/mol. The highest BCUT2D eigenvalue weighted by Gasteiger charge is 2.62. The Balaban J connectivity index is 1.43. The van der Waals surface area contributed by atoms with Gasteiger partial charge in [0.15, 0.2) is 24.0 Å². The minimum absolute atomic E-state index is 0.323. The largest absolute Gasteiger partial charge is 0.494 e. The van der Waals surface area contributed by atoms with Crippen LogP contribution in [0.4, 0.5) is 5.69 Å². The molecular formula is C23H33NO7. The Morgan fingerprint density at radius 2 is 1.58 bits per heavy atom. The highest BCUT2D eigenvalue weighted by molar-refractivity contribution is 5.94. The molecule has 3 aliphatic heterocycles. The van der Waals surface area contributed by atoms with E-state index in [1.807, 2.05) is 39.8 Å². The first kappa shape index (κ1) is 22.5. The average molecular weight is 436 g/mol. The van der Waals surface area contributed by atoms with Crippen LogP contribution in [0.5, 0.6) is 5.75 Å². The van der Waals surface area contributed by atoms with Gasteiger partial charge in [0.25, 0.3) is 5.91 Å². The van der Waals surface area contributed by atoms with Gasteiger partial charge in [-0.1, -0.05) is 13.8 Å². The first-order chi connectivity index (χ1) is 14.5. The van der Waals surface area contributed by atoms with Crippen molar-refractivity contribution in [2.45, 2.75) is 90.2 Å². The fraction of sp³-hybridized carbons (Fsp3) is 0.696. The Morgan fingerprint density at radius 3 is 2.26 bits per heavy atom. The molecule has 3 fully saturated rings. The van der Waals surface area contributed by atoms with Gasteiger partial charge in [0, 0.05) is 5.69 Å². The second kappa shape index (κ2) is 8.33. The van der Waals surface area contributed by atoms with E-state index < -0.39 is 42.3 Å². The number of nitrogens with one attached hydrogen (secondary N) is 1. The van der Waals surface area contributed by atoms with Crippen molar-refractivity contribution in [1.29, 1.82) is 0 Å². The number of rotatable bonds is 6. The number of anilines is 1. The Bertz CT molecular complexity index is 792. The quantitative estimate of drug-likeness (QED) is 0.733. The molecule has 5 atom stereocenters. The summed E-state index contributed by atoms with van der Waals surface area (Å²) in [6, 6.07) is 7.29. The van der Waals surface area contributed by atoms with Crippen LogP contribution in [0, 0.1) is 5.92 Å². The maximum absolute atomic E-state index is 13.1. The summed E-state index contributed by atoms with van der Waals surface area (Å²) in [4.78, 5) is 13.1.